The molecule has 0 radical (unpaired) electrons. The number of ketones is 1. The maximum atomic E-state index is 13.5. The summed E-state index contributed by atoms with van der Waals surface area (Å²) in [5.41, 5.74) is -1.72. The Bertz CT molecular complexity index is 765. The van der Waals surface area contributed by atoms with Crippen molar-refractivity contribution in [1.82, 2.24) is 0 Å². The van der Waals surface area contributed by atoms with Crippen LogP contribution in [0.4, 0.5) is 0 Å². The summed E-state index contributed by atoms with van der Waals surface area (Å²) in [6, 6.07) is 19.9. The van der Waals surface area contributed by atoms with E-state index in [1.807, 2.05) is 12.1 Å². The molecule has 4 nitrogen and oxygen atoms in total. The van der Waals surface area contributed by atoms with Gasteiger partial charge in [-0.15, -0.1) is 0 Å². The van der Waals surface area contributed by atoms with E-state index in [0.717, 1.165) is 0 Å². The molecule has 23 heavy (non-hydrogen) atoms. The van der Waals surface area contributed by atoms with Gasteiger partial charge in [-0.3, -0.25) is 4.79 Å². The van der Waals surface area contributed by atoms with Gasteiger partial charge in [-0.25, -0.2) is 0 Å². The molecule has 0 fully saturated rings. The zero-order valence-corrected chi connectivity index (χ0v) is 13.6. The lowest BCUT2D eigenvalue weighted by atomic mass is 9.76. The van der Waals surface area contributed by atoms with E-state index >= 15 is 0 Å². The number of carbonyl (C=O) groups excluding carboxylic acids is 1. The lowest BCUT2D eigenvalue weighted by Crippen LogP contribution is -2.56. The number of nitrogens with zero attached hydrogens (tertiary/aromatic N) is 2. The number of nitriles is 2. The minimum absolute atomic E-state index is 0.222. The van der Waals surface area contributed by atoms with Crippen LogP contribution < -0.4 is 5.11 Å². The Labute approximate surface area is 142 Å². The topological polar surface area (TPSA) is 87.7 Å². The molecule has 0 saturated carbocycles. The van der Waals surface area contributed by atoms with Crippen LogP contribution in [0, 0.1) is 28.6 Å². The third kappa shape index (κ3) is 3.17. The number of hydrogen-bond acceptors (Lipinski definition) is 4. The molecule has 0 aliphatic rings. The molecular formula is C18H12BrN2O2-. The van der Waals surface area contributed by atoms with Crippen molar-refractivity contribution >= 4 is 21.7 Å². The van der Waals surface area contributed by atoms with Crippen molar-refractivity contribution in [2.75, 3.05) is 0 Å². The maximum absolute atomic E-state index is 13.5. The molecule has 0 spiro atoms. The van der Waals surface area contributed by atoms with Gasteiger partial charge in [0.25, 0.3) is 0 Å². The van der Waals surface area contributed by atoms with Crippen molar-refractivity contribution in [2.45, 2.75) is 10.4 Å². The van der Waals surface area contributed by atoms with Crippen molar-refractivity contribution in [3.8, 4) is 12.1 Å². The molecule has 0 amide bonds. The number of halogens is 1. The quantitative estimate of drug-likeness (QED) is 0.599. The van der Waals surface area contributed by atoms with Gasteiger partial charge >= 0.3 is 0 Å². The molecule has 3 atom stereocenters. The molecule has 0 saturated heterocycles. The van der Waals surface area contributed by atoms with E-state index < -0.39 is 22.1 Å². The van der Waals surface area contributed by atoms with Crippen molar-refractivity contribution in [1.29, 1.82) is 10.5 Å². The first kappa shape index (κ1) is 16.9. The lowest BCUT2D eigenvalue weighted by Gasteiger charge is -2.45. The lowest BCUT2D eigenvalue weighted by molar-refractivity contribution is -0.490. The van der Waals surface area contributed by atoms with Crippen LogP contribution in [0.2, 0.25) is 0 Å². The van der Waals surface area contributed by atoms with Crippen LogP contribution in [-0.2, 0) is 5.60 Å². The zero-order valence-electron chi connectivity index (χ0n) is 12.0. The number of alkyl halides is 1. The number of Topliss-reactive ketones (excluding diaryl/α,β-unsaturated/α-hetero) is 1. The van der Waals surface area contributed by atoms with E-state index in [4.69, 9.17) is 0 Å². The van der Waals surface area contributed by atoms with Crippen molar-refractivity contribution in [3.05, 3.63) is 71.8 Å². The average Bonchev–Trinajstić information content (AvgIpc) is 2.62. The second-order valence-corrected chi connectivity index (χ2v) is 5.86. The molecule has 2 rings (SSSR count). The van der Waals surface area contributed by atoms with Gasteiger partial charge in [0.15, 0.2) is 5.78 Å². The Balaban J connectivity index is 2.56. The predicted octanol–water partition coefficient (Wildman–Crippen LogP) is 2.55. The molecule has 0 aliphatic heterocycles. The van der Waals surface area contributed by atoms with E-state index in [9.17, 15) is 20.4 Å². The fraction of sp³-hybridized carbons (Fsp3) is 0.167. The Kier molecular flexibility index (Phi) is 5.28. The molecule has 2 aromatic rings. The highest BCUT2D eigenvalue weighted by Gasteiger charge is 2.40. The van der Waals surface area contributed by atoms with Gasteiger partial charge in [0.1, 0.15) is 5.92 Å². The van der Waals surface area contributed by atoms with E-state index in [1.54, 1.807) is 48.5 Å². The van der Waals surface area contributed by atoms with E-state index in [0.29, 0.717) is 0 Å². The Morgan fingerprint density at radius 3 is 2.00 bits per heavy atom. The van der Waals surface area contributed by atoms with Gasteiger partial charge in [0, 0.05) is 5.56 Å². The highest BCUT2D eigenvalue weighted by atomic mass is 79.9. The second kappa shape index (κ2) is 7.19. The van der Waals surface area contributed by atoms with Crippen LogP contribution in [0.25, 0.3) is 0 Å². The minimum Gasteiger partial charge on any atom is -0.843 e. The minimum atomic E-state index is -2.21. The average molecular weight is 368 g/mol. The molecule has 5 heteroatoms. The SMILES string of the molecule is N#CC(Br)C([O-])(c1ccccc1)C(C#N)C(=O)c1ccccc1. The van der Waals surface area contributed by atoms with Gasteiger partial charge in [0.05, 0.1) is 17.0 Å². The van der Waals surface area contributed by atoms with Gasteiger partial charge in [-0.05, 0) is 5.60 Å². The van der Waals surface area contributed by atoms with Gasteiger partial charge in [-0.2, -0.15) is 10.5 Å². The van der Waals surface area contributed by atoms with Crippen molar-refractivity contribution in [3.63, 3.8) is 0 Å². The number of benzene rings is 2. The second-order valence-electron chi connectivity index (χ2n) is 4.94. The van der Waals surface area contributed by atoms with Crippen LogP contribution in [0.3, 0.4) is 0 Å². The van der Waals surface area contributed by atoms with Crippen LogP contribution in [-0.4, -0.2) is 10.6 Å². The monoisotopic (exact) mass is 367 g/mol. The summed E-state index contributed by atoms with van der Waals surface area (Å²) in [7, 11) is 0. The van der Waals surface area contributed by atoms with E-state index in [-0.39, 0.29) is 11.1 Å². The smallest absolute Gasteiger partial charge is 0.179 e. The molecular weight excluding hydrogens is 356 g/mol. The molecule has 3 unspecified atom stereocenters. The molecule has 2 aromatic carbocycles. The van der Waals surface area contributed by atoms with Gasteiger partial charge in [-0.1, -0.05) is 82.2 Å². The third-order valence-electron chi connectivity index (χ3n) is 3.59. The number of carbonyl (C=O) groups is 1. The normalized spacial score (nSPS) is 15.5. The highest BCUT2D eigenvalue weighted by molar-refractivity contribution is 9.09. The Morgan fingerprint density at radius 1 is 1.00 bits per heavy atom. The summed E-state index contributed by atoms with van der Waals surface area (Å²) >= 11 is 3.04. The molecule has 0 bridgehead atoms. The van der Waals surface area contributed by atoms with Crippen LogP contribution in [0.1, 0.15) is 15.9 Å². The first-order chi connectivity index (χ1) is 11.1. The van der Waals surface area contributed by atoms with Gasteiger partial charge in [0.2, 0.25) is 0 Å². The first-order valence-electron chi connectivity index (χ1n) is 6.84. The number of hydrogen-bond donors (Lipinski definition) is 0. The number of rotatable bonds is 5. The summed E-state index contributed by atoms with van der Waals surface area (Å²) in [4.78, 5) is 11.4. The summed E-state index contributed by atoms with van der Waals surface area (Å²) < 4.78 is 0. The highest BCUT2D eigenvalue weighted by Crippen LogP contribution is 2.35. The maximum Gasteiger partial charge on any atom is 0.179 e. The standard InChI is InChI=1S/C18H12BrN2O2/c19-16(12-21)18(23,14-9-5-2-6-10-14)15(11-20)17(22)13-7-3-1-4-8-13/h1-10,15-16H/q-1. The van der Waals surface area contributed by atoms with Gasteiger partial charge < -0.3 is 5.11 Å². The van der Waals surface area contributed by atoms with Crippen LogP contribution in [0.5, 0.6) is 0 Å². The molecule has 114 valence electrons. The van der Waals surface area contributed by atoms with Crippen molar-refractivity contribution < 1.29 is 9.90 Å². The van der Waals surface area contributed by atoms with Crippen molar-refractivity contribution in [2.24, 2.45) is 5.92 Å². The fourth-order valence-corrected chi connectivity index (χ4v) is 2.90. The third-order valence-corrected chi connectivity index (χ3v) is 4.48. The zero-order chi connectivity index (χ0) is 16.9. The summed E-state index contributed by atoms with van der Waals surface area (Å²) in [6.07, 6.45) is 0. The first-order valence-corrected chi connectivity index (χ1v) is 7.75. The molecule has 0 aromatic heterocycles. The van der Waals surface area contributed by atoms with E-state index in [1.165, 1.54) is 12.1 Å². The predicted molar refractivity (Wildman–Crippen MR) is 86.3 cm³/mol. The Morgan fingerprint density at radius 2 is 1.52 bits per heavy atom. The summed E-state index contributed by atoms with van der Waals surface area (Å²) in [6.45, 7) is 0. The molecule has 0 N–H and O–H groups in total. The van der Waals surface area contributed by atoms with E-state index in [2.05, 4.69) is 15.9 Å². The summed E-state index contributed by atoms with van der Waals surface area (Å²) in [5.74, 6) is -2.12. The molecule has 0 aliphatic carbocycles. The largest absolute Gasteiger partial charge is 0.843 e. The van der Waals surface area contributed by atoms with Crippen LogP contribution >= 0.6 is 15.9 Å². The van der Waals surface area contributed by atoms with Crippen LogP contribution in [0.15, 0.2) is 60.7 Å². The fourth-order valence-electron chi connectivity index (χ4n) is 2.37. The Hall–Kier alpha value is -2.47. The summed E-state index contributed by atoms with van der Waals surface area (Å²) in [5, 5.41) is 32.2. The molecule has 0 heterocycles.